The van der Waals surface area contributed by atoms with E-state index in [2.05, 4.69) is 34.4 Å². The van der Waals surface area contributed by atoms with Crippen molar-refractivity contribution < 1.29 is 4.79 Å². The summed E-state index contributed by atoms with van der Waals surface area (Å²) < 4.78 is 0. The normalized spacial score (nSPS) is 27.4. The van der Waals surface area contributed by atoms with Gasteiger partial charge in [0.1, 0.15) is 0 Å². The molecule has 0 bridgehead atoms. The summed E-state index contributed by atoms with van der Waals surface area (Å²) in [5.41, 5.74) is 0. The van der Waals surface area contributed by atoms with Crippen LogP contribution in [-0.2, 0) is 4.79 Å². The Morgan fingerprint density at radius 1 is 1.37 bits per heavy atom. The molecule has 2 rings (SSSR count). The number of hydrogen-bond donors (Lipinski definition) is 2. The molecule has 1 amide bonds. The molecule has 2 aliphatic heterocycles. The highest BCUT2D eigenvalue weighted by Gasteiger charge is 2.20. The monoisotopic (exact) mass is 268 g/mol. The third kappa shape index (κ3) is 5.09. The van der Waals surface area contributed by atoms with Gasteiger partial charge in [0.05, 0.1) is 0 Å². The molecule has 2 saturated heterocycles. The van der Waals surface area contributed by atoms with Gasteiger partial charge in [-0.25, -0.2) is 0 Å². The minimum Gasteiger partial charge on any atom is -0.352 e. The molecule has 19 heavy (non-hydrogen) atoms. The summed E-state index contributed by atoms with van der Waals surface area (Å²) >= 11 is 0. The van der Waals surface area contributed by atoms with Crippen LogP contribution >= 0.6 is 0 Å². The van der Waals surface area contributed by atoms with Gasteiger partial charge in [-0.15, -0.1) is 0 Å². The standard InChI is InChI=1S/C14H28N4O/c1-12(11-18-8-6-17(2)7-9-18)16-14(19)10-13-4-3-5-15-13/h12-13,15H,3-11H2,1-2H3,(H,16,19). The zero-order valence-corrected chi connectivity index (χ0v) is 12.3. The molecular weight excluding hydrogens is 240 g/mol. The summed E-state index contributed by atoms with van der Waals surface area (Å²) in [6.07, 6.45) is 2.97. The van der Waals surface area contributed by atoms with Gasteiger partial charge in [0.2, 0.25) is 5.91 Å². The van der Waals surface area contributed by atoms with Crippen LogP contribution in [0.1, 0.15) is 26.2 Å². The van der Waals surface area contributed by atoms with Gasteiger partial charge in [-0.1, -0.05) is 0 Å². The minimum absolute atomic E-state index is 0.195. The van der Waals surface area contributed by atoms with Crippen LogP contribution in [0.5, 0.6) is 0 Å². The number of carbonyl (C=O) groups excluding carboxylic acids is 1. The molecular formula is C14H28N4O. The lowest BCUT2D eigenvalue weighted by Gasteiger charge is -2.34. The molecule has 110 valence electrons. The van der Waals surface area contributed by atoms with Gasteiger partial charge < -0.3 is 15.5 Å². The first-order valence-corrected chi connectivity index (χ1v) is 7.57. The van der Waals surface area contributed by atoms with Crippen LogP contribution in [0, 0.1) is 0 Å². The number of carbonyl (C=O) groups is 1. The molecule has 2 aliphatic rings. The first kappa shape index (κ1) is 14.8. The van der Waals surface area contributed by atoms with E-state index in [1.807, 2.05) is 0 Å². The second-order valence-corrected chi connectivity index (χ2v) is 6.07. The lowest BCUT2D eigenvalue weighted by atomic mass is 10.1. The Kier molecular flexibility index (Phi) is 5.60. The zero-order chi connectivity index (χ0) is 13.7. The van der Waals surface area contributed by atoms with Crippen LogP contribution in [0.4, 0.5) is 0 Å². The predicted octanol–water partition coefficient (Wildman–Crippen LogP) is -0.119. The van der Waals surface area contributed by atoms with E-state index in [1.165, 1.54) is 6.42 Å². The molecule has 2 N–H and O–H groups in total. The maximum atomic E-state index is 11.9. The van der Waals surface area contributed by atoms with Gasteiger partial charge in [0, 0.05) is 51.2 Å². The first-order chi connectivity index (χ1) is 9.13. The van der Waals surface area contributed by atoms with Gasteiger partial charge in [0.15, 0.2) is 0 Å². The molecule has 0 aliphatic carbocycles. The average molecular weight is 268 g/mol. The SMILES string of the molecule is CC(CN1CCN(C)CC1)NC(=O)CC1CCCN1. The Morgan fingerprint density at radius 3 is 2.74 bits per heavy atom. The highest BCUT2D eigenvalue weighted by Crippen LogP contribution is 2.08. The largest absolute Gasteiger partial charge is 0.352 e. The number of nitrogens with one attached hydrogen (secondary N) is 2. The molecule has 0 saturated carbocycles. The van der Waals surface area contributed by atoms with E-state index in [-0.39, 0.29) is 11.9 Å². The van der Waals surface area contributed by atoms with Crippen molar-refractivity contribution in [2.24, 2.45) is 0 Å². The molecule has 0 spiro atoms. The van der Waals surface area contributed by atoms with Crippen LogP contribution in [-0.4, -0.2) is 74.1 Å². The maximum absolute atomic E-state index is 11.9. The van der Waals surface area contributed by atoms with Crippen molar-refractivity contribution in [2.45, 2.75) is 38.3 Å². The fourth-order valence-electron chi connectivity index (χ4n) is 2.95. The number of piperazine rings is 1. The van der Waals surface area contributed by atoms with E-state index in [1.54, 1.807) is 0 Å². The average Bonchev–Trinajstić information content (AvgIpc) is 2.84. The third-order valence-electron chi connectivity index (χ3n) is 4.13. The quantitative estimate of drug-likeness (QED) is 0.730. The van der Waals surface area contributed by atoms with Crippen molar-refractivity contribution in [3.63, 3.8) is 0 Å². The summed E-state index contributed by atoms with van der Waals surface area (Å²) in [7, 11) is 2.16. The zero-order valence-electron chi connectivity index (χ0n) is 12.3. The highest BCUT2D eigenvalue weighted by molar-refractivity contribution is 5.76. The second kappa shape index (κ2) is 7.22. The van der Waals surface area contributed by atoms with Crippen LogP contribution in [0.15, 0.2) is 0 Å². The smallest absolute Gasteiger partial charge is 0.221 e. The lowest BCUT2D eigenvalue weighted by Crippen LogP contribution is -2.50. The second-order valence-electron chi connectivity index (χ2n) is 6.07. The Hall–Kier alpha value is -0.650. The number of amides is 1. The summed E-state index contributed by atoms with van der Waals surface area (Å²) in [4.78, 5) is 16.7. The van der Waals surface area contributed by atoms with Gasteiger partial charge in [-0.2, -0.15) is 0 Å². The van der Waals surface area contributed by atoms with E-state index in [0.29, 0.717) is 12.5 Å². The number of rotatable bonds is 5. The minimum atomic E-state index is 0.195. The van der Waals surface area contributed by atoms with Gasteiger partial charge in [-0.3, -0.25) is 9.69 Å². The van der Waals surface area contributed by atoms with Crippen molar-refractivity contribution in [3.8, 4) is 0 Å². The lowest BCUT2D eigenvalue weighted by molar-refractivity contribution is -0.122. The Balaban J connectivity index is 1.62. The van der Waals surface area contributed by atoms with Crippen molar-refractivity contribution >= 4 is 5.91 Å². The Labute approximate surface area is 116 Å². The predicted molar refractivity (Wildman–Crippen MR) is 77.2 cm³/mol. The number of hydrogen-bond acceptors (Lipinski definition) is 4. The van der Waals surface area contributed by atoms with E-state index < -0.39 is 0 Å². The van der Waals surface area contributed by atoms with Crippen LogP contribution in [0.2, 0.25) is 0 Å². The summed E-state index contributed by atoms with van der Waals surface area (Å²) in [6, 6.07) is 0.646. The van der Waals surface area contributed by atoms with Crippen molar-refractivity contribution in [3.05, 3.63) is 0 Å². The third-order valence-corrected chi connectivity index (χ3v) is 4.13. The molecule has 0 aromatic heterocycles. The van der Waals surface area contributed by atoms with Crippen LogP contribution in [0.3, 0.4) is 0 Å². The fraction of sp³-hybridized carbons (Fsp3) is 0.929. The van der Waals surface area contributed by atoms with E-state index in [4.69, 9.17) is 0 Å². The summed E-state index contributed by atoms with van der Waals surface area (Å²) in [5, 5.41) is 6.50. The van der Waals surface area contributed by atoms with Crippen LogP contribution in [0.25, 0.3) is 0 Å². The molecule has 0 aromatic carbocycles. The summed E-state index contributed by atoms with van der Waals surface area (Å²) in [5.74, 6) is 0.195. The van der Waals surface area contributed by atoms with Crippen molar-refractivity contribution in [1.29, 1.82) is 0 Å². The van der Waals surface area contributed by atoms with Crippen molar-refractivity contribution in [1.82, 2.24) is 20.4 Å². The van der Waals surface area contributed by atoms with E-state index >= 15 is 0 Å². The van der Waals surface area contributed by atoms with Crippen LogP contribution < -0.4 is 10.6 Å². The van der Waals surface area contributed by atoms with E-state index in [9.17, 15) is 4.79 Å². The molecule has 5 nitrogen and oxygen atoms in total. The number of nitrogens with zero attached hydrogens (tertiary/aromatic N) is 2. The molecule has 2 atom stereocenters. The molecule has 2 fully saturated rings. The molecule has 0 radical (unpaired) electrons. The highest BCUT2D eigenvalue weighted by atomic mass is 16.1. The Morgan fingerprint density at radius 2 is 2.11 bits per heavy atom. The van der Waals surface area contributed by atoms with Gasteiger partial charge in [0.25, 0.3) is 0 Å². The van der Waals surface area contributed by atoms with Gasteiger partial charge >= 0.3 is 0 Å². The molecule has 2 unspecified atom stereocenters. The topological polar surface area (TPSA) is 47.6 Å². The molecule has 0 aromatic rings. The Bertz CT molecular complexity index is 283. The van der Waals surface area contributed by atoms with E-state index in [0.717, 1.165) is 45.7 Å². The number of likely N-dealkylation sites (N-methyl/N-ethyl adjacent to an activating group) is 1. The molecule has 2 heterocycles. The maximum Gasteiger partial charge on any atom is 0.221 e. The fourth-order valence-corrected chi connectivity index (χ4v) is 2.95. The van der Waals surface area contributed by atoms with Gasteiger partial charge in [-0.05, 0) is 33.4 Å². The molecule has 5 heteroatoms. The first-order valence-electron chi connectivity index (χ1n) is 7.57. The summed E-state index contributed by atoms with van der Waals surface area (Å²) in [6.45, 7) is 8.63. The van der Waals surface area contributed by atoms with Crippen molar-refractivity contribution in [2.75, 3.05) is 46.3 Å².